The van der Waals surface area contributed by atoms with Crippen LogP contribution in [0.4, 0.5) is 0 Å². The molecule has 0 aliphatic carbocycles. The second-order valence-corrected chi connectivity index (χ2v) is 5.40. The van der Waals surface area contributed by atoms with E-state index in [1.54, 1.807) is 44.6 Å². The zero-order valence-electron chi connectivity index (χ0n) is 13.4. The van der Waals surface area contributed by atoms with Gasteiger partial charge in [0.15, 0.2) is 23.0 Å². The molecule has 3 rings (SSSR count). The molecule has 1 aliphatic heterocycles. The molecule has 2 aromatic rings. The van der Waals surface area contributed by atoms with Crippen molar-refractivity contribution in [1.82, 2.24) is 0 Å². The van der Waals surface area contributed by atoms with Crippen molar-refractivity contribution in [2.45, 2.75) is 12.3 Å². The zero-order chi connectivity index (χ0) is 17.1. The van der Waals surface area contributed by atoms with Crippen LogP contribution < -0.4 is 18.9 Å². The van der Waals surface area contributed by atoms with Crippen molar-refractivity contribution in [3.05, 3.63) is 47.5 Å². The van der Waals surface area contributed by atoms with Crippen molar-refractivity contribution in [2.75, 3.05) is 21.0 Å². The lowest BCUT2D eigenvalue weighted by atomic mass is 9.91. The number of carbonyl (C=O) groups is 1. The maximum atomic E-state index is 11.8. The van der Waals surface area contributed by atoms with E-state index in [1.165, 1.54) is 0 Å². The summed E-state index contributed by atoms with van der Waals surface area (Å²) in [7, 11) is 3.11. The Morgan fingerprint density at radius 1 is 1.08 bits per heavy atom. The number of methoxy groups -OCH3 is 2. The summed E-state index contributed by atoms with van der Waals surface area (Å²) in [6.07, 6.45) is 0.329. The van der Waals surface area contributed by atoms with Crippen LogP contribution in [0.5, 0.6) is 23.0 Å². The summed E-state index contributed by atoms with van der Waals surface area (Å²) >= 11 is 0. The second-order valence-electron chi connectivity index (χ2n) is 5.40. The van der Waals surface area contributed by atoms with Gasteiger partial charge in [-0.3, -0.25) is 4.79 Å². The summed E-state index contributed by atoms with van der Waals surface area (Å²) in [5, 5.41) is 9.64. The molecule has 1 N–H and O–H groups in total. The molecule has 1 aliphatic rings. The van der Waals surface area contributed by atoms with Crippen LogP contribution in [0.25, 0.3) is 0 Å². The molecule has 0 amide bonds. The molecule has 6 heteroatoms. The molecule has 1 unspecified atom stereocenters. The van der Waals surface area contributed by atoms with Crippen molar-refractivity contribution in [3.63, 3.8) is 0 Å². The van der Waals surface area contributed by atoms with Gasteiger partial charge in [-0.15, -0.1) is 0 Å². The van der Waals surface area contributed by atoms with Crippen LogP contribution >= 0.6 is 0 Å². The van der Waals surface area contributed by atoms with Gasteiger partial charge in [-0.1, -0.05) is 12.1 Å². The SMILES string of the molecule is COc1ccc(CC(C(=O)O)c2ccc3c(c2)OCO3)cc1OC. The van der Waals surface area contributed by atoms with Crippen LogP contribution in [0.3, 0.4) is 0 Å². The van der Waals surface area contributed by atoms with E-state index in [2.05, 4.69) is 0 Å². The van der Waals surface area contributed by atoms with Gasteiger partial charge in [0.05, 0.1) is 20.1 Å². The molecule has 0 spiro atoms. The van der Waals surface area contributed by atoms with Gasteiger partial charge in [-0.2, -0.15) is 0 Å². The molecule has 24 heavy (non-hydrogen) atoms. The Morgan fingerprint density at radius 3 is 2.54 bits per heavy atom. The van der Waals surface area contributed by atoms with Crippen LogP contribution in [0.2, 0.25) is 0 Å². The van der Waals surface area contributed by atoms with Crippen LogP contribution in [0, 0.1) is 0 Å². The number of rotatable bonds is 6. The number of hydrogen-bond acceptors (Lipinski definition) is 5. The first-order valence-corrected chi connectivity index (χ1v) is 7.45. The summed E-state index contributed by atoms with van der Waals surface area (Å²) in [5.74, 6) is 0.794. The molecular formula is C18H18O6. The predicted octanol–water partition coefficient (Wildman–Crippen LogP) is 2.84. The Balaban J connectivity index is 1.88. The number of hydrogen-bond donors (Lipinski definition) is 1. The lowest BCUT2D eigenvalue weighted by Crippen LogP contribution is -2.14. The van der Waals surface area contributed by atoms with E-state index in [4.69, 9.17) is 18.9 Å². The Hall–Kier alpha value is -2.89. The van der Waals surface area contributed by atoms with E-state index < -0.39 is 11.9 Å². The van der Waals surface area contributed by atoms with E-state index in [1.807, 2.05) is 6.07 Å². The van der Waals surface area contributed by atoms with Crippen LogP contribution in [-0.4, -0.2) is 32.1 Å². The van der Waals surface area contributed by atoms with Crippen LogP contribution in [-0.2, 0) is 11.2 Å². The molecule has 2 aromatic carbocycles. The fourth-order valence-electron chi connectivity index (χ4n) is 2.72. The summed E-state index contributed by atoms with van der Waals surface area (Å²) in [5.41, 5.74) is 1.51. The third-order valence-corrected chi connectivity index (χ3v) is 3.98. The van der Waals surface area contributed by atoms with Crippen molar-refractivity contribution in [2.24, 2.45) is 0 Å². The number of carboxylic acid groups (broad SMARTS) is 1. The summed E-state index contributed by atoms with van der Waals surface area (Å²) in [4.78, 5) is 11.8. The molecule has 1 atom stereocenters. The first-order chi connectivity index (χ1) is 11.6. The minimum atomic E-state index is -0.899. The number of ether oxygens (including phenoxy) is 4. The quantitative estimate of drug-likeness (QED) is 0.878. The monoisotopic (exact) mass is 330 g/mol. The van der Waals surface area contributed by atoms with Gasteiger partial charge >= 0.3 is 5.97 Å². The third-order valence-electron chi connectivity index (χ3n) is 3.98. The predicted molar refractivity (Wildman–Crippen MR) is 86.2 cm³/mol. The molecule has 0 bridgehead atoms. The molecule has 0 aromatic heterocycles. The average Bonchev–Trinajstić information content (AvgIpc) is 3.06. The highest BCUT2D eigenvalue weighted by molar-refractivity contribution is 5.77. The standard InChI is InChI=1S/C18H18O6/c1-21-14-5-3-11(8-16(14)22-2)7-13(18(19)20)12-4-6-15-17(9-12)24-10-23-15/h3-6,8-9,13H,7,10H2,1-2H3,(H,19,20). The first-order valence-electron chi connectivity index (χ1n) is 7.45. The van der Waals surface area contributed by atoms with E-state index in [0.717, 1.165) is 5.56 Å². The number of carboxylic acids is 1. The Bertz CT molecular complexity index is 755. The van der Waals surface area contributed by atoms with Gasteiger partial charge in [0, 0.05) is 0 Å². The van der Waals surface area contributed by atoms with Gasteiger partial charge in [0.2, 0.25) is 6.79 Å². The third kappa shape index (κ3) is 3.08. The van der Waals surface area contributed by atoms with Crippen LogP contribution in [0.15, 0.2) is 36.4 Å². The summed E-state index contributed by atoms with van der Waals surface area (Å²) in [6, 6.07) is 10.6. The fourth-order valence-corrected chi connectivity index (χ4v) is 2.72. The normalized spacial score (nSPS) is 13.4. The van der Waals surface area contributed by atoms with E-state index in [-0.39, 0.29) is 6.79 Å². The molecule has 0 fully saturated rings. The van der Waals surface area contributed by atoms with Gasteiger partial charge in [-0.25, -0.2) is 0 Å². The maximum Gasteiger partial charge on any atom is 0.311 e. The fraction of sp³-hybridized carbons (Fsp3) is 0.278. The first kappa shape index (κ1) is 16.0. The number of benzene rings is 2. The number of aliphatic carboxylic acids is 1. The summed E-state index contributed by atoms with van der Waals surface area (Å²) < 4.78 is 21.1. The maximum absolute atomic E-state index is 11.8. The molecule has 126 valence electrons. The zero-order valence-corrected chi connectivity index (χ0v) is 13.4. The molecule has 1 heterocycles. The highest BCUT2D eigenvalue weighted by Crippen LogP contribution is 2.36. The second kappa shape index (κ2) is 6.70. The highest BCUT2D eigenvalue weighted by Gasteiger charge is 2.24. The van der Waals surface area contributed by atoms with Gasteiger partial charge < -0.3 is 24.1 Å². The molecule has 0 saturated heterocycles. The average molecular weight is 330 g/mol. The topological polar surface area (TPSA) is 74.2 Å². The highest BCUT2D eigenvalue weighted by atomic mass is 16.7. The molecule has 6 nitrogen and oxygen atoms in total. The van der Waals surface area contributed by atoms with Crippen molar-refractivity contribution >= 4 is 5.97 Å². The summed E-state index contributed by atoms with van der Waals surface area (Å²) in [6.45, 7) is 0.159. The van der Waals surface area contributed by atoms with Gasteiger partial charge in [0.1, 0.15) is 0 Å². The Labute approximate surface area is 139 Å². The van der Waals surface area contributed by atoms with Gasteiger partial charge in [0.25, 0.3) is 0 Å². The van der Waals surface area contributed by atoms with E-state index in [0.29, 0.717) is 35.0 Å². The lowest BCUT2D eigenvalue weighted by Gasteiger charge is -2.15. The van der Waals surface area contributed by atoms with E-state index in [9.17, 15) is 9.90 Å². The number of fused-ring (bicyclic) bond motifs is 1. The van der Waals surface area contributed by atoms with Crippen molar-refractivity contribution < 1.29 is 28.8 Å². The lowest BCUT2D eigenvalue weighted by molar-refractivity contribution is -0.138. The molecular weight excluding hydrogens is 312 g/mol. The largest absolute Gasteiger partial charge is 0.493 e. The molecule has 0 radical (unpaired) electrons. The van der Waals surface area contributed by atoms with E-state index >= 15 is 0 Å². The minimum absolute atomic E-state index is 0.159. The smallest absolute Gasteiger partial charge is 0.311 e. The Kier molecular flexibility index (Phi) is 4.46. The Morgan fingerprint density at radius 2 is 1.83 bits per heavy atom. The molecule has 0 saturated carbocycles. The van der Waals surface area contributed by atoms with Gasteiger partial charge in [-0.05, 0) is 41.8 Å². The van der Waals surface area contributed by atoms with Crippen molar-refractivity contribution in [1.29, 1.82) is 0 Å². The van der Waals surface area contributed by atoms with Crippen LogP contribution in [0.1, 0.15) is 17.0 Å². The van der Waals surface area contributed by atoms with Crippen molar-refractivity contribution in [3.8, 4) is 23.0 Å². The minimum Gasteiger partial charge on any atom is -0.493 e.